The molecule has 1 amide bonds. The van der Waals surface area contributed by atoms with Crippen LogP contribution in [0.1, 0.15) is 6.42 Å². The maximum atomic E-state index is 13.6. The van der Waals surface area contributed by atoms with Crippen LogP contribution in [0.3, 0.4) is 0 Å². The highest BCUT2D eigenvalue weighted by Gasteiger charge is 2.28. The van der Waals surface area contributed by atoms with Gasteiger partial charge < -0.3 is 76.7 Å². The second-order valence-corrected chi connectivity index (χ2v) is 11.7. The Kier molecular flexibility index (Phi) is 36.2. The van der Waals surface area contributed by atoms with Crippen molar-refractivity contribution in [1.82, 2.24) is 5.32 Å². The molecule has 0 radical (unpaired) electrons. The fraction of sp³-hybridized carbons (Fsp3) is 0.757. The number of amides is 1. The number of halogens is 5. The number of hydrogen-bond donors (Lipinski definition) is 2. The maximum Gasteiger partial charge on any atom is 0.329 e. The summed E-state index contributed by atoms with van der Waals surface area (Å²) in [6.07, 6.45) is -0.497. The van der Waals surface area contributed by atoms with Gasteiger partial charge in [0.05, 0.1) is 165 Å². The fourth-order valence-corrected chi connectivity index (χ4v) is 4.06. The molecule has 61 heavy (non-hydrogen) atoms. The lowest BCUT2D eigenvalue weighted by Gasteiger charge is -2.09. The number of esters is 1. The molecular formula is C37H58F5NO18. The van der Waals surface area contributed by atoms with E-state index in [1.807, 2.05) is 0 Å². The number of ether oxygens (including phenoxy) is 14. The highest BCUT2D eigenvalue weighted by Crippen LogP contribution is 2.29. The van der Waals surface area contributed by atoms with Crippen molar-refractivity contribution in [3.63, 3.8) is 0 Å². The first kappa shape index (κ1) is 55.8. The molecule has 1 aromatic carbocycles. The number of carboxylic acids is 1. The number of nitrogens with one attached hydrogen (secondary N) is 1. The van der Waals surface area contributed by atoms with Crippen molar-refractivity contribution >= 4 is 17.8 Å². The van der Waals surface area contributed by atoms with Crippen molar-refractivity contribution in [2.24, 2.45) is 0 Å². The van der Waals surface area contributed by atoms with Gasteiger partial charge in [0, 0.05) is 6.54 Å². The molecule has 0 heterocycles. The van der Waals surface area contributed by atoms with Crippen LogP contribution in [0.15, 0.2) is 0 Å². The van der Waals surface area contributed by atoms with Crippen LogP contribution in [0.4, 0.5) is 22.0 Å². The predicted molar refractivity (Wildman–Crippen MR) is 198 cm³/mol. The standard InChI is InChI=1S/C37H58F5NO18/c38-32-33(39)35(41)37(36(42)34(32)40)61-31(47)1-3-48-5-7-50-9-11-52-13-15-54-17-19-56-21-23-58-25-26-59-24-22-57-20-18-55-16-14-53-12-10-51-8-6-49-4-2-43-29(44)27-60-28-30(45)46/h1-28H2,(H,43,44)(H,45,46). The Morgan fingerprint density at radius 2 is 0.656 bits per heavy atom. The van der Waals surface area contributed by atoms with Gasteiger partial charge in [-0.1, -0.05) is 0 Å². The van der Waals surface area contributed by atoms with Gasteiger partial charge in [0.1, 0.15) is 13.2 Å². The van der Waals surface area contributed by atoms with E-state index in [0.717, 1.165) is 0 Å². The number of carboxylic acid groups (broad SMARTS) is 1. The van der Waals surface area contributed by atoms with E-state index >= 15 is 0 Å². The highest BCUT2D eigenvalue weighted by molar-refractivity contribution is 5.77. The number of benzene rings is 1. The molecule has 19 nitrogen and oxygen atoms in total. The van der Waals surface area contributed by atoms with Crippen molar-refractivity contribution in [1.29, 1.82) is 0 Å². The Morgan fingerprint density at radius 3 is 0.967 bits per heavy atom. The number of carbonyl (C=O) groups is 3. The minimum absolute atomic E-state index is 0.0684. The topological polar surface area (TPSA) is 213 Å². The summed E-state index contributed by atoms with van der Waals surface area (Å²) in [5.41, 5.74) is 0. The molecule has 1 rings (SSSR count). The van der Waals surface area contributed by atoms with Gasteiger partial charge in [0.15, 0.2) is 0 Å². The molecule has 24 heteroatoms. The van der Waals surface area contributed by atoms with Crippen molar-refractivity contribution < 1.29 is 108 Å². The molecule has 0 atom stereocenters. The molecule has 2 N–H and O–H groups in total. The molecule has 0 saturated heterocycles. The number of rotatable bonds is 44. The maximum absolute atomic E-state index is 13.6. The molecule has 0 saturated carbocycles. The van der Waals surface area contributed by atoms with Gasteiger partial charge in [-0.05, 0) is 0 Å². The van der Waals surface area contributed by atoms with Gasteiger partial charge in [-0.2, -0.15) is 8.78 Å². The summed E-state index contributed by atoms with van der Waals surface area (Å²) in [6.45, 7) is 7.52. The third-order valence-electron chi connectivity index (χ3n) is 6.96. The van der Waals surface area contributed by atoms with Gasteiger partial charge >= 0.3 is 11.9 Å². The summed E-state index contributed by atoms with van der Waals surface area (Å²) in [6, 6.07) is 0. The normalized spacial score (nSPS) is 11.4. The van der Waals surface area contributed by atoms with Gasteiger partial charge in [0.2, 0.25) is 40.7 Å². The number of carbonyl (C=O) groups excluding carboxylic acids is 2. The molecule has 0 bridgehead atoms. The van der Waals surface area contributed by atoms with E-state index in [1.54, 1.807) is 0 Å². The second-order valence-electron chi connectivity index (χ2n) is 11.7. The number of hydrogen-bond acceptors (Lipinski definition) is 17. The molecule has 0 aliphatic rings. The van der Waals surface area contributed by atoms with Crippen molar-refractivity contribution in [2.45, 2.75) is 6.42 Å². The van der Waals surface area contributed by atoms with Crippen LogP contribution in [-0.2, 0) is 76.0 Å². The van der Waals surface area contributed by atoms with Crippen LogP contribution in [0.25, 0.3) is 0 Å². The summed E-state index contributed by atoms with van der Waals surface area (Å²) in [5, 5.41) is 11.0. The van der Waals surface area contributed by atoms with Crippen molar-refractivity contribution in [2.75, 3.05) is 178 Å². The van der Waals surface area contributed by atoms with Gasteiger partial charge in [0.25, 0.3) is 0 Å². The average Bonchev–Trinajstić information content (AvgIpc) is 3.24. The summed E-state index contributed by atoms with van der Waals surface area (Å²) in [5.74, 6) is -15.7. The third kappa shape index (κ3) is 32.2. The smallest absolute Gasteiger partial charge is 0.329 e. The first-order valence-corrected chi connectivity index (χ1v) is 19.4. The fourth-order valence-electron chi connectivity index (χ4n) is 4.06. The third-order valence-corrected chi connectivity index (χ3v) is 6.96. The van der Waals surface area contributed by atoms with Crippen LogP contribution < -0.4 is 10.1 Å². The molecule has 1 aromatic rings. The van der Waals surface area contributed by atoms with E-state index in [2.05, 4.69) is 14.8 Å². The summed E-state index contributed by atoms with van der Waals surface area (Å²) >= 11 is 0. The van der Waals surface area contributed by atoms with Gasteiger partial charge in [-0.25, -0.2) is 18.0 Å². The van der Waals surface area contributed by atoms with Crippen LogP contribution in [0.2, 0.25) is 0 Å². The van der Waals surface area contributed by atoms with Crippen LogP contribution >= 0.6 is 0 Å². The minimum Gasteiger partial charge on any atom is -0.480 e. The van der Waals surface area contributed by atoms with Gasteiger partial charge in [-0.15, -0.1) is 0 Å². The van der Waals surface area contributed by atoms with E-state index in [9.17, 15) is 36.3 Å². The zero-order valence-corrected chi connectivity index (χ0v) is 34.1. The zero-order chi connectivity index (χ0) is 44.6. The molecule has 0 spiro atoms. The quantitative estimate of drug-likeness (QED) is 0.0234. The number of aliphatic carboxylic acids is 1. The van der Waals surface area contributed by atoms with Crippen LogP contribution in [0.5, 0.6) is 5.75 Å². The summed E-state index contributed by atoms with van der Waals surface area (Å²) < 4.78 is 140. The van der Waals surface area contributed by atoms with E-state index in [-0.39, 0.29) is 39.6 Å². The molecule has 0 fully saturated rings. The minimum atomic E-state index is -2.36. The Morgan fingerprint density at radius 1 is 0.377 bits per heavy atom. The first-order valence-electron chi connectivity index (χ1n) is 19.4. The lowest BCUT2D eigenvalue weighted by molar-refractivity contribution is -0.143. The Labute approximate surface area is 350 Å². The van der Waals surface area contributed by atoms with Crippen molar-refractivity contribution in [3.8, 4) is 5.75 Å². The second kappa shape index (κ2) is 39.6. The Hall–Kier alpha value is -3.24. The van der Waals surface area contributed by atoms with E-state index in [0.29, 0.717) is 132 Å². The molecule has 0 aliphatic carbocycles. The monoisotopic (exact) mass is 899 g/mol. The molecular weight excluding hydrogens is 841 g/mol. The zero-order valence-electron chi connectivity index (χ0n) is 34.1. The summed E-state index contributed by atoms with van der Waals surface area (Å²) in [4.78, 5) is 33.3. The van der Waals surface area contributed by atoms with Crippen molar-refractivity contribution in [3.05, 3.63) is 29.1 Å². The SMILES string of the molecule is O=C(O)COCC(=O)NCCOCCOCCOCCOCCOCCOCCOCCOCCOCCOCCOCCOCCC(=O)Oc1c(F)c(F)c(F)c(F)c1F. The average molecular weight is 900 g/mol. The lowest BCUT2D eigenvalue weighted by atomic mass is 10.2. The van der Waals surface area contributed by atoms with E-state index in [1.165, 1.54) is 0 Å². The van der Waals surface area contributed by atoms with Crippen LogP contribution in [-0.4, -0.2) is 201 Å². The largest absolute Gasteiger partial charge is 0.480 e. The molecule has 0 aliphatic heterocycles. The van der Waals surface area contributed by atoms with E-state index < -0.39 is 65.7 Å². The predicted octanol–water partition coefficient (Wildman–Crippen LogP) is 1.09. The highest BCUT2D eigenvalue weighted by atomic mass is 19.2. The lowest BCUT2D eigenvalue weighted by Crippen LogP contribution is -2.31. The molecule has 0 unspecified atom stereocenters. The Balaban J connectivity index is 1.70. The molecule has 354 valence electrons. The Bertz CT molecular complexity index is 1260. The van der Waals surface area contributed by atoms with E-state index in [4.69, 9.17) is 61.9 Å². The van der Waals surface area contributed by atoms with Crippen LogP contribution in [0, 0.1) is 29.1 Å². The molecule has 0 aromatic heterocycles. The summed E-state index contributed by atoms with van der Waals surface area (Å²) in [7, 11) is 0. The first-order chi connectivity index (χ1) is 29.6. The van der Waals surface area contributed by atoms with Gasteiger partial charge in [-0.3, -0.25) is 9.59 Å².